The van der Waals surface area contributed by atoms with Crippen molar-refractivity contribution in [2.24, 2.45) is 0 Å². The SMILES string of the molecule is C#CCNC(=O)c1ccc(NC(CC)CCO)nc1. The molecular formula is C14H19N3O2. The van der Waals surface area contributed by atoms with Gasteiger partial charge in [0.15, 0.2) is 0 Å². The molecule has 1 rings (SSSR count). The number of nitrogens with zero attached hydrogens (tertiary/aromatic N) is 1. The zero-order valence-corrected chi connectivity index (χ0v) is 11.0. The van der Waals surface area contributed by atoms with Gasteiger partial charge in [-0.1, -0.05) is 12.8 Å². The minimum atomic E-state index is -0.237. The molecule has 0 fully saturated rings. The number of nitrogens with one attached hydrogen (secondary N) is 2. The third-order valence-electron chi connectivity index (χ3n) is 2.70. The van der Waals surface area contributed by atoms with Crippen LogP contribution in [-0.4, -0.2) is 35.2 Å². The zero-order chi connectivity index (χ0) is 14.1. The predicted octanol–water partition coefficient (Wildman–Crippen LogP) is 1.02. The van der Waals surface area contributed by atoms with Gasteiger partial charge in [-0.2, -0.15) is 0 Å². The third kappa shape index (κ3) is 4.98. The lowest BCUT2D eigenvalue weighted by Gasteiger charge is -2.16. The highest BCUT2D eigenvalue weighted by atomic mass is 16.3. The molecule has 1 atom stereocenters. The van der Waals surface area contributed by atoms with Gasteiger partial charge in [-0.05, 0) is 25.0 Å². The van der Waals surface area contributed by atoms with Gasteiger partial charge in [0, 0.05) is 18.8 Å². The molecule has 0 bridgehead atoms. The van der Waals surface area contributed by atoms with E-state index in [2.05, 4.69) is 21.5 Å². The Labute approximate surface area is 113 Å². The van der Waals surface area contributed by atoms with Crippen molar-refractivity contribution in [3.8, 4) is 12.3 Å². The average Bonchev–Trinajstić information content (AvgIpc) is 2.45. The van der Waals surface area contributed by atoms with Crippen molar-refractivity contribution in [1.29, 1.82) is 0 Å². The fraction of sp³-hybridized carbons (Fsp3) is 0.429. The molecular weight excluding hydrogens is 242 g/mol. The number of aliphatic hydroxyl groups excluding tert-OH is 1. The summed E-state index contributed by atoms with van der Waals surface area (Å²) in [5.74, 6) is 2.79. The predicted molar refractivity (Wildman–Crippen MR) is 74.8 cm³/mol. The summed E-state index contributed by atoms with van der Waals surface area (Å²) in [5, 5.41) is 14.7. The van der Waals surface area contributed by atoms with Crippen LogP contribution < -0.4 is 10.6 Å². The van der Waals surface area contributed by atoms with Crippen LogP contribution >= 0.6 is 0 Å². The highest BCUT2D eigenvalue weighted by Gasteiger charge is 2.08. The van der Waals surface area contributed by atoms with Gasteiger partial charge in [0.25, 0.3) is 5.91 Å². The zero-order valence-electron chi connectivity index (χ0n) is 11.0. The first-order chi connectivity index (χ1) is 9.21. The summed E-state index contributed by atoms with van der Waals surface area (Å²) in [6.07, 6.45) is 8.13. The minimum absolute atomic E-state index is 0.137. The molecule has 1 aromatic heterocycles. The molecule has 0 saturated heterocycles. The summed E-state index contributed by atoms with van der Waals surface area (Å²) >= 11 is 0. The number of terminal acetylenes is 1. The van der Waals surface area contributed by atoms with Crippen molar-refractivity contribution in [2.75, 3.05) is 18.5 Å². The molecule has 0 aliphatic carbocycles. The van der Waals surface area contributed by atoms with Gasteiger partial charge < -0.3 is 15.7 Å². The number of carbonyl (C=O) groups excluding carboxylic acids is 1. The first-order valence-corrected chi connectivity index (χ1v) is 6.26. The molecule has 1 unspecified atom stereocenters. The Morgan fingerprint density at radius 3 is 2.89 bits per heavy atom. The molecule has 0 aliphatic heterocycles. The molecule has 3 N–H and O–H groups in total. The largest absolute Gasteiger partial charge is 0.396 e. The van der Waals surface area contributed by atoms with Gasteiger partial charge in [-0.3, -0.25) is 4.79 Å². The van der Waals surface area contributed by atoms with E-state index in [4.69, 9.17) is 11.5 Å². The van der Waals surface area contributed by atoms with Crippen molar-refractivity contribution in [2.45, 2.75) is 25.8 Å². The third-order valence-corrected chi connectivity index (χ3v) is 2.70. The summed E-state index contributed by atoms with van der Waals surface area (Å²) in [4.78, 5) is 15.8. The molecule has 5 nitrogen and oxygen atoms in total. The number of anilines is 1. The quantitative estimate of drug-likeness (QED) is 0.641. The first-order valence-electron chi connectivity index (χ1n) is 6.26. The second kappa shape index (κ2) is 8.11. The lowest BCUT2D eigenvalue weighted by atomic mass is 10.1. The van der Waals surface area contributed by atoms with E-state index in [1.807, 2.05) is 6.92 Å². The second-order valence-electron chi connectivity index (χ2n) is 4.08. The number of aromatic nitrogens is 1. The van der Waals surface area contributed by atoms with Gasteiger partial charge in [0.05, 0.1) is 12.1 Å². The van der Waals surface area contributed by atoms with Gasteiger partial charge >= 0.3 is 0 Å². The maximum absolute atomic E-state index is 11.6. The van der Waals surface area contributed by atoms with E-state index in [0.717, 1.165) is 6.42 Å². The number of carbonyl (C=O) groups is 1. The Balaban J connectivity index is 2.60. The van der Waals surface area contributed by atoms with Crippen molar-refractivity contribution >= 4 is 11.7 Å². The van der Waals surface area contributed by atoms with E-state index in [1.54, 1.807) is 12.1 Å². The second-order valence-corrected chi connectivity index (χ2v) is 4.08. The first kappa shape index (κ1) is 15.0. The summed E-state index contributed by atoms with van der Waals surface area (Å²) in [5.41, 5.74) is 0.469. The molecule has 19 heavy (non-hydrogen) atoms. The van der Waals surface area contributed by atoms with Crippen LogP contribution in [0, 0.1) is 12.3 Å². The number of rotatable bonds is 7. The van der Waals surface area contributed by atoms with E-state index in [-0.39, 0.29) is 25.1 Å². The van der Waals surface area contributed by atoms with E-state index in [9.17, 15) is 4.79 Å². The summed E-state index contributed by atoms with van der Waals surface area (Å²) in [6.45, 7) is 2.38. The van der Waals surface area contributed by atoms with E-state index in [1.165, 1.54) is 6.20 Å². The van der Waals surface area contributed by atoms with Gasteiger partial charge in [0.2, 0.25) is 0 Å². The maximum Gasteiger partial charge on any atom is 0.253 e. The van der Waals surface area contributed by atoms with E-state index >= 15 is 0 Å². The molecule has 0 aliphatic rings. The normalized spacial score (nSPS) is 11.4. The Morgan fingerprint density at radius 1 is 1.58 bits per heavy atom. The number of pyridine rings is 1. The van der Waals surface area contributed by atoms with Crippen LogP contribution in [0.2, 0.25) is 0 Å². The van der Waals surface area contributed by atoms with Crippen LogP contribution in [0.1, 0.15) is 30.1 Å². The molecule has 0 spiro atoms. The Kier molecular flexibility index (Phi) is 6.41. The van der Waals surface area contributed by atoms with Crippen LogP contribution in [0.15, 0.2) is 18.3 Å². The van der Waals surface area contributed by atoms with E-state index < -0.39 is 0 Å². The average molecular weight is 261 g/mol. The molecule has 0 aromatic carbocycles. The summed E-state index contributed by atoms with van der Waals surface area (Å²) in [6, 6.07) is 3.61. The van der Waals surface area contributed by atoms with Crippen LogP contribution in [0.25, 0.3) is 0 Å². The van der Waals surface area contributed by atoms with Crippen LogP contribution in [0.3, 0.4) is 0 Å². The monoisotopic (exact) mass is 261 g/mol. The molecule has 1 heterocycles. The molecule has 102 valence electrons. The van der Waals surface area contributed by atoms with Crippen LogP contribution in [-0.2, 0) is 0 Å². The summed E-state index contributed by atoms with van der Waals surface area (Å²) < 4.78 is 0. The Bertz CT molecular complexity index is 437. The molecule has 0 radical (unpaired) electrons. The van der Waals surface area contributed by atoms with Crippen molar-refractivity contribution < 1.29 is 9.90 Å². The van der Waals surface area contributed by atoms with Crippen LogP contribution in [0.5, 0.6) is 0 Å². The number of amides is 1. The van der Waals surface area contributed by atoms with Crippen molar-refractivity contribution in [3.05, 3.63) is 23.9 Å². The molecule has 1 aromatic rings. The van der Waals surface area contributed by atoms with Gasteiger partial charge in [0.1, 0.15) is 5.82 Å². The van der Waals surface area contributed by atoms with Crippen molar-refractivity contribution in [1.82, 2.24) is 10.3 Å². The summed E-state index contributed by atoms with van der Waals surface area (Å²) in [7, 11) is 0. The Morgan fingerprint density at radius 2 is 2.37 bits per heavy atom. The lowest BCUT2D eigenvalue weighted by Crippen LogP contribution is -2.24. The number of hydrogen-bond donors (Lipinski definition) is 3. The highest BCUT2D eigenvalue weighted by molar-refractivity contribution is 5.94. The smallest absolute Gasteiger partial charge is 0.253 e. The standard InChI is InChI=1S/C14H19N3O2/c1-3-8-15-14(19)11-5-6-13(16-10-11)17-12(4-2)7-9-18/h1,5-6,10,12,18H,4,7-9H2,2H3,(H,15,19)(H,16,17). The number of aliphatic hydroxyl groups is 1. The number of hydrogen-bond acceptors (Lipinski definition) is 4. The van der Waals surface area contributed by atoms with Gasteiger partial charge in [-0.15, -0.1) is 6.42 Å². The van der Waals surface area contributed by atoms with Gasteiger partial charge in [-0.25, -0.2) is 4.98 Å². The van der Waals surface area contributed by atoms with Crippen molar-refractivity contribution in [3.63, 3.8) is 0 Å². The lowest BCUT2D eigenvalue weighted by molar-refractivity contribution is 0.0958. The molecule has 5 heteroatoms. The topological polar surface area (TPSA) is 74.2 Å². The highest BCUT2D eigenvalue weighted by Crippen LogP contribution is 2.09. The van der Waals surface area contributed by atoms with Crippen LogP contribution in [0.4, 0.5) is 5.82 Å². The van der Waals surface area contributed by atoms with E-state index in [0.29, 0.717) is 17.8 Å². The fourth-order valence-electron chi connectivity index (χ4n) is 1.59. The Hall–Kier alpha value is -2.06. The molecule has 0 saturated carbocycles. The maximum atomic E-state index is 11.6. The minimum Gasteiger partial charge on any atom is -0.396 e. The molecule has 1 amide bonds. The fourth-order valence-corrected chi connectivity index (χ4v) is 1.59.